The minimum absolute atomic E-state index is 0.138. The summed E-state index contributed by atoms with van der Waals surface area (Å²) in [5.41, 5.74) is 0. The van der Waals surface area contributed by atoms with Gasteiger partial charge in [-0.05, 0) is 20.8 Å². The zero-order chi connectivity index (χ0) is 15.9. The van der Waals surface area contributed by atoms with Crippen LogP contribution in [-0.4, -0.2) is 46.2 Å². The Morgan fingerprint density at radius 3 is 1.60 bits per heavy atom. The smallest absolute Gasteiger partial charge is 0.374 e. The molecule has 0 amide bonds. The van der Waals surface area contributed by atoms with Crippen LogP contribution < -0.4 is 0 Å². The molecule has 0 unspecified atom stereocenters. The maximum atomic E-state index is 12.9. The van der Waals surface area contributed by atoms with E-state index in [1.165, 1.54) is 0 Å². The minimum atomic E-state index is -4.61. The second kappa shape index (κ2) is 8.64. The SMILES string of the molecule is CCO[Si](CCOC(F)(F)C(F)(F)Br)(OCC)OCC. The van der Waals surface area contributed by atoms with E-state index in [4.69, 9.17) is 13.3 Å². The van der Waals surface area contributed by atoms with Crippen molar-refractivity contribution in [3.05, 3.63) is 0 Å². The second-order valence-corrected chi connectivity index (χ2v) is 7.32. The molecule has 0 aliphatic carbocycles. The maximum Gasteiger partial charge on any atom is 0.503 e. The lowest BCUT2D eigenvalue weighted by molar-refractivity contribution is -0.310. The molecule has 0 saturated heterocycles. The van der Waals surface area contributed by atoms with Crippen molar-refractivity contribution in [3.8, 4) is 0 Å². The number of hydrogen-bond acceptors (Lipinski definition) is 4. The molecule has 4 nitrogen and oxygen atoms in total. The van der Waals surface area contributed by atoms with Gasteiger partial charge in [0.15, 0.2) is 0 Å². The third kappa shape index (κ3) is 6.35. The fraction of sp³-hybridized carbons (Fsp3) is 1.00. The topological polar surface area (TPSA) is 36.9 Å². The highest BCUT2D eigenvalue weighted by Gasteiger charge is 2.56. The molecular weight excluding hydrogens is 368 g/mol. The van der Waals surface area contributed by atoms with E-state index in [9.17, 15) is 17.6 Å². The zero-order valence-corrected chi connectivity index (χ0v) is 14.1. The number of ether oxygens (including phenoxy) is 1. The van der Waals surface area contributed by atoms with Crippen LogP contribution in [0.5, 0.6) is 0 Å². The van der Waals surface area contributed by atoms with E-state index in [0.29, 0.717) is 0 Å². The number of alkyl halides is 5. The maximum absolute atomic E-state index is 12.9. The van der Waals surface area contributed by atoms with E-state index in [2.05, 4.69) is 4.74 Å². The lowest BCUT2D eigenvalue weighted by atomic mass is 10.6. The Bertz CT molecular complexity index is 261. The first-order valence-electron chi connectivity index (χ1n) is 6.14. The first-order valence-corrected chi connectivity index (χ1v) is 8.87. The van der Waals surface area contributed by atoms with Gasteiger partial charge in [0.25, 0.3) is 0 Å². The summed E-state index contributed by atoms with van der Waals surface area (Å²) in [5, 5.41) is 0. The van der Waals surface area contributed by atoms with Gasteiger partial charge in [0.2, 0.25) is 0 Å². The Hall–Kier alpha value is 0.257. The molecule has 20 heavy (non-hydrogen) atoms. The molecule has 0 spiro atoms. The molecule has 0 heterocycles. The van der Waals surface area contributed by atoms with E-state index in [0.717, 1.165) is 0 Å². The molecule has 0 fully saturated rings. The Balaban J connectivity index is 4.60. The van der Waals surface area contributed by atoms with Crippen LogP contribution in [-0.2, 0) is 18.0 Å². The Morgan fingerprint density at radius 2 is 1.30 bits per heavy atom. The van der Waals surface area contributed by atoms with E-state index in [-0.39, 0.29) is 25.9 Å². The molecule has 10 heteroatoms. The van der Waals surface area contributed by atoms with Crippen molar-refractivity contribution in [2.24, 2.45) is 0 Å². The number of rotatable bonds is 11. The summed E-state index contributed by atoms with van der Waals surface area (Å²) >= 11 is 1.58. The van der Waals surface area contributed by atoms with Gasteiger partial charge in [0.1, 0.15) is 0 Å². The largest absolute Gasteiger partial charge is 0.503 e. The van der Waals surface area contributed by atoms with Gasteiger partial charge >= 0.3 is 19.7 Å². The van der Waals surface area contributed by atoms with Gasteiger partial charge in [-0.3, -0.25) is 0 Å². The normalized spacial score (nSPS) is 13.8. The summed E-state index contributed by atoms with van der Waals surface area (Å²) in [6.45, 7) is 5.21. The first-order chi connectivity index (χ1) is 9.14. The number of hydrogen-bond donors (Lipinski definition) is 0. The highest BCUT2D eigenvalue weighted by molar-refractivity contribution is 9.10. The highest BCUT2D eigenvalue weighted by atomic mass is 79.9. The van der Waals surface area contributed by atoms with Crippen LogP contribution in [0.1, 0.15) is 20.8 Å². The van der Waals surface area contributed by atoms with Crippen LogP contribution >= 0.6 is 15.9 Å². The Kier molecular flexibility index (Phi) is 8.75. The van der Waals surface area contributed by atoms with E-state index in [1.54, 1.807) is 36.7 Å². The standard InChI is InChI=1S/C10H19BrF4O4Si/c1-4-17-20(18-5-2,19-6-3)8-7-16-10(14,15)9(11,12)13/h4-8H2,1-3H3. The zero-order valence-electron chi connectivity index (χ0n) is 11.6. The summed E-state index contributed by atoms with van der Waals surface area (Å²) in [6, 6.07) is -0.138. The van der Waals surface area contributed by atoms with E-state index in [1.807, 2.05) is 0 Å². The molecule has 0 aromatic rings. The van der Waals surface area contributed by atoms with E-state index < -0.39 is 26.4 Å². The highest BCUT2D eigenvalue weighted by Crippen LogP contribution is 2.40. The van der Waals surface area contributed by atoms with Crippen LogP contribution in [0.25, 0.3) is 0 Å². The van der Waals surface area contributed by atoms with Crippen molar-refractivity contribution in [1.29, 1.82) is 0 Å². The second-order valence-electron chi connectivity index (χ2n) is 3.60. The van der Waals surface area contributed by atoms with Crippen LogP contribution in [0.2, 0.25) is 6.04 Å². The van der Waals surface area contributed by atoms with Gasteiger partial charge in [0.05, 0.1) is 6.61 Å². The van der Waals surface area contributed by atoms with Crippen molar-refractivity contribution >= 4 is 24.7 Å². The Morgan fingerprint density at radius 1 is 0.900 bits per heavy atom. The molecule has 0 aliphatic heterocycles. The van der Waals surface area contributed by atoms with Crippen LogP contribution in [0.4, 0.5) is 17.6 Å². The van der Waals surface area contributed by atoms with Crippen molar-refractivity contribution in [2.75, 3.05) is 26.4 Å². The molecule has 0 saturated carbocycles. The van der Waals surface area contributed by atoms with Gasteiger partial charge in [-0.1, -0.05) is 0 Å². The quantitative estimate of drug-likeness (QED) is 0.308. The van der Waals surface area contributed by atoms with Crippen LogP contribution in [0, 0.1) is 0 Å². The summed E-state index contributed by atoms with van der Waals surface area (Å²) < 4.78 is 71.0. The average Bonchev–Trinajstić information content (AvgIpc) is 2.28. The van der Waals surface area contributed by atoms with Crippen molar-refractivity contribution < 1.29 is 35.6 Å². The summed E-state index contributed by atoms with van der Waals surface area (Å²) in [6.07, 6.45) is -4.61. The fourth-order valence-corrected chi connectivity index (χ4v) is 3.86. The van der Waals surface area contributed by atoms with E-state index >= 15 is 0 Å². The third-order valence-electron chi connectivity index (χ3n) is 2.11. The summed E-state index contributed by atoms with van der Waals surface area (Å²) in [7, 11) is -3.17. The molecule has 0 aromatic carbocycles. The predicted molar refractivity (Wildman–Crippen MR) is 70.2 cm³/mol. The average molecular weight is 387 g/mol. The van der Waals surface area contributed by atoms with Gasteiger partial charge in [-0.25, -0.2) is 0 Å². The summed E-state index contributed by atoms with van der Waals surface area (Å²) in [5.74, 6) is 0. The van der Waals surface area contributed by atoms with Crippen LogP contribution in [0.3, 0.4) is 0 Å². The molecule has 0 atom stereocenters. The molecule has 0 radical (unpaired) electrons. The lowest BCUT2D eigenvalue weighted by Gasteiger charge is -2.29. The summed E-state index contributed by atoms with van der Waals surface area (Å²) in [4.78, 5) is -4.44. The molecule has 0 aliphatic rings. The van der Waals surface area contributed by atoms with Gasteiger partial charge < -0.3 is 18.0 Å². The monoisotopic (exact) mass is 386 g/mol. The third-order valence-corrected chi connectivity index (χ3v) is 5.58. The van der Waals surface area contributed by atoms with Crippen molar-refractivity contribution in [2.45, 2.75) is 37.8 Å². The minimum Gasteiger partial charge on any atom is -0.374 e. The number of halogens is 5. The molecule has 0 aromatic heterocycles. The molecule has 122 valence electrons. The van der Waals surface area contributed by atoms with Crippen LogP contribution in [0.15, 0.2) is 0 Å². The lowest BCUT2D eigenvalue weighted by Crippen LogP contribution is -2.48. The van der Waals surface area contributed by atoms with Crippen molar-refractivity contribution in [1.82, 2.24) is 0 Å². The van der Waals surface area contributed by atoms with Gasteiger partial charge in [0, 0.05) is 41.8 Å². The molecule has 0 N–H and O–H groups in total. The van der Waals surface area contributed by atoms with Gasteiger partial charge in [-0.15, -0.1) is 0 Å². The fourth-order valence-electron chi connectivity index (χ4n) is 1.39. The molecule has 0 bridgehead atoms. The van der Waals surface area contributed by atoms with Crippen molar-refractivity contribution in [3.63, 3.8) is 0 Å². The predicted octanol–water partition coefficient (Wildman–Crippen LogP) is 3.63. The first kappa shape index (κ1) is 20.3. The molecule has 0 rings (SSSR count). The molecular formula is C10H19BrF4O4Si. The van der Waals surface area contributed by atoms with Gasteiger partial charge in [-0.2, -0.15) is 17.6 Å². The Labute approximate surface area is 125 Å².